The number of unbranched alkanes of at least 4 members (excludes halogenated alkanes) is 3. The number of carbonyl (C=O) groups is 1. The molecular formula is C10H19NO2. The van der Waals surface area contributed by atoms with E-state index in [0.29, 0.717) is 13.1 Å². The summed E-state index contributed by atoms with van der Waals surface area (Å²) in [6.07, 6.45) is 5.83. The molecule has 76 valence electrons. The largest absolute Gasteiger partial charge is 0.466 e. The third-order valence-corrected chi connectivity index (χ3v) is 2.01. The average molecular weight is 185 g/mol. The van der Waals surface area contributed by atoms with E-state index in [0.717, 1.165) is 12.8 Å². The summed E-state index contributed by atoms with van der Waals surface area (Å²) in [5.74, 6) is 0. The SMILES string of the molecule is C=NC(CCCCCC)COC=O. The lowest BCUT2D eigenvalue weighted by molar-refractivity contribution is -0.129. The number of hydrogen-bond acceptors (Lipinski definition) is 3. The standard InChI is InChI=1S/C10H19NO2/c1-3-4-5-6-7-10(11-2)8-13-9-12/h9-10H,2-8H2,1H3. The summed E-state index contributed by atoms with van der Waals surface area (Å²) in [6.45, 7) is 6.48. The Morgan fingerprint density at radius 3 is 2.77 bits per heavy atom. The molecule has 1 atom stereocenters. The summed E-state index contributed by atoms with van der Waals surface area (Å²) < 4.78 is 4.63. The molecule has 0 bridgehead atoms. The van der Waals surface area contributed by atoms with E-state index < -0.39 is 0 Å². The molecule has 3 nitrogen and oxygen atoms in total. The van der Waals surface area contributed by atoms with Crippen LogP contribution in [-0.4, -0.2) is 25.8 Å². The van der Waals surface area contributed by atoms with E-state index in [1.54, 1.807) is 0 Å². The first-order valence-corrected chi connectivity index (χ1v) is 4.86. The first kappa shape index (κ1) is 12.1. The van der Waals surface area contributed by atoms with Crippen LogP contribution in [0.4, 0.5) is 0 Å². The maximum atomic E-state index is 9.92. The molecule has 0 saturated carbocycles. The van der Waals surface area contributed by atoms with Gasteiger partial charge >= 0.3 is 0 Å². The molecule has 0 heterocycles. The van der Waals surface area contributed by atoms with Crippen LogP contribution in [0.5, 0.6) is 0 Å². The summed E-state index contributed by atoms with van der Waals surface area (Å²) >= 11 is 0. The minimum Gasteiger partial charge on any atom is -0.466 e. The fourth-order valence-corrected chi connectivity index (χ4v) is 1.18. The highest BCUT2D eigenvalue weighted by Gasteiger charge is 2.04. The minimum atomic E-state index is 0.0852. The predicted molar refractivity (Wildman–Crippen MR) is 54.1 cm³/mol. The first-order chi connectivity index (χ1) is 6.35. The topological polar surface area (TPSA) is 38.7 Å². The quantitative estimate of drug-likeness (QED) is 0.314. The zero-order valence-electron chi connectivity index (χ0n) is 8.37. The van der Waals surface area contributed by atoms with Crippen molar-refractivity contribution in [3.05, 3.63) is 0 Å². The third kappa shape index (κ3) is 7.50. The van der Waals surface area contributed by atoms with E-state index in [1.165, 1.54) is 19.3 Å². The highest BCUT2D eigenvalue weighted by atomic mass is 16.5. The van der Waals surface area contributed by atoms with Gasteiger partial charge in [0.25, 0.3) is 6.47 Å². The van der Waals surface area contributed by atoms with Gasteiger partial charge in [0, 0.05) is 0 Å². The van der Waals surface area contributed by atoms with Crippen molar-refractivity contribution in [2.45, 2.75) is 45.1 Å². The Morgan fingerprint density at radius 1 is 1.46 bits per heavy atom. The molecule has 0 aliphatic carbocycles. The first-order valence-electron chi connectivity index (χ1n) is 4.86. The number of ether oxygens (including phenoxy) is 1. The van der Waals surface area contributed by atoms with Gasteiger partial charge in [-0.2, -0.15) is 0 Å². The van der Waals surface area contributed by atoms with Crippen LogP contribution in [0.2, 0.25) is 0 Å². The number of rotatable bonds is 9. The summed E-state index contributed by atoms with van der Waals surface area (Å²) in [5, 5.41) is 0. The fourth-order valence-electron chi connectivity index (χ4n) is 1.18. The zero-order valence-corrected chi connectivity index (χ0v) is 8.37. The molecule has 13 heavy (non-hydrogen) atoms. The minimum absolute atomic E-state index is 0.0852. The smallest absolute Gasteiger partial charge is 0.293 e. The summed E-state index contributed by atoms with van der Waals surface area (Å²) in [6, 6.07) is 0.0852. The van der Waals surface area contributed by atoms with Crippen LogP contribution in [0, 0.1) is 0 Å². The van der Waals surface area contributed by atoms with E-state index in [2.05, 4.69) is 23.4 Å². The molecule has 0 spiro atoms. The van der Waals surface area contributed by atoms with Gasteiger partial charge in [-0.25, -0.2) is 0 Å². The number of nitrogens with zero attached hydrogens (tertiary/aromatic N) is 1. The van der Waals surface area contributed by atoms with Gasteiger partial charge in [-0.1, -0.05) is 32.6 Å². The molecule has 0 aliphatic rings. The van der Waals surface area contributed by atoms with Crippen molar-refractivity contribution in [2.24, 2.45) is 4.99 Å². The Bertz CT molecular complexity index is 137. The van der Waals surface area contributed by atoms with Crippen molar-refractivity contribution in [1.82, 2.24) is 0 Å². The van der Waals surface area contributed by atoms with Gasteiger partial charge in [-0.3, -0.25) is 9.79 Å². The highest BCUT2D eigenvalue weighted by molar-refractivity contribution is 5.37. The van der Waals surface area contributed by atoms with Crippen LogP contribution in [0.15, 0.2) is 4.99 Å². The molecule has 3 heteroatoms. The average Bonchev–Trinajstić information content (AvgIpc) is 2.17. The van der Waals surface area contributed by atoms with Crippen LogP contribution in [-0.2, 0) is 9.53 Å². The molecule has 0 aromatic rings. The molecule has 0 fully saturated rings. The number of carbonyl (C=O) groups excluding carboxylic acids is 1. The van der Waals surface area contributed by atoms with Crippen LogP contribution >= 0.6 is 0 Å². The second-order valence-electron chi connectivity index (χ2n) is 3.12. The van der Waals surface area contributed by atoms with Crippen molar-refractivity contribution >= 4 is 13.2 Å². The van der Waals surface area contributed by atoms with Crippen molar-refractivity contribution in [1.29, 1.82) is 0 Å². The lowest BCUT2D eigenvalue weighted by Gasteiger charge is -2.09. The molecule has 0 saturated heterocycles. The van der Waals surface area contributed by atoms with Gasteiger partial charge < -0.3 is 4.74 Å². The lowest BCUT2D eigenvalue weighted by atomic mass is 10.1. The van der Waals surface area contributed by atoms with Crippen molar-refractivity contribution in [3.8, 4) is 0 Å². The van der Waals surface area contributed by atoms with Gasteiger partial charge in [-0.05, 0) is 13.1 Å². The Hall–Kier alpha value is -0.860. The Balaban J connectivity index is 3.36. The summed E-state index contributed by atoms with van der Waals surface area (Å²) in [5.41, 5.74) is 0. The van der Waals surface area contributed by atoms with E-state index >= 15 is 0 Å². The van der Waals surface area contributed by atoms with Gasteiger partial charge in [0.2, 0.25) is 0 Å². The number of aliphatic imine (C=N–C) groups is 1. The van der Waals surface area contributed by atoms with Gasteiger partial charge in [0.05, 0.1) is 6.04 Å². The predicted octanol–water partition coefficient (Wildman–Crippen LogP) is 2.20. The van der Waals surface area contributed by atoms with Gasteiger partial charge in [0.15, 0.2) is 0 Å². The fraction of sp³-hybridized carbons (Fsp3) is 0.800. The van der Waals surface area contributed by atoms with E-state index in [4.69, 9.17) is 0 Å². The zero-order chi connectivity index (χ0) is 9.94. The maximum absolute atomic E-state index is 9.92. The third-order valence-electron chi connectivity index (χ3n) is 2.01. The van der Waals surface area contributed by atoms with Gasteiger partial charge in [-0.15, -0.1) is 0 Å². The highest BCUT2D eigenvalue weighted by Crippen LogP contribution is 2.07. The molecule has 0 rings (SSSR count). The van der Waals surface area contributed by atoms with E-state index in [-0.39, 0.29) is 6.04 Å². The normalized spacial score (nSPS) is 12.1. The second-order valence-corrected chi connectivity index (χ2v) is 3.12. The maximum Gasteiger partial charge on any atom is 0.293 e. The molecule has 0 N–H and O–H groups in total. The van der Waals surface area contributed by atoms with E-state index in [1.807, 2.05) is 0 Å². The van der Waals surface area contributed by atoms with Crippen molar-refractivity contribution in [2.75, 3.05) is 6.61 Å². The monoisotopic (exact) mass is 185 g/mol. The number of hydrogen-bond donors (Lipinski definition) is 0. The van der Waals surface area contributed by atoms with Crippen LogP contribution in [0.1, 0.15) is 39.0 Å². The summed E-state index contributed by atoms with van der Waals surface area (Å²) in [7, 11) is 0. The molecule has 1 unspecified atom stereocenters. The van der Waals surface area contributed by atoms with Crippen molar-refractivity contribution < 1.29 is 9.53 Å². The molecular weight excluding hydrogens is 166 g/mol. The molecule has 0 aromatic heterocycles. The molecule has 0 amide bonds. The molecule has 0 radical (unpaired) electrons. The summed E-state index contributed by atoms with van der Waals surface area (Å²) in [4.78, 5) is 13.8. The van der Waals surface area contributed by atoms with Gasteiger partial charge in [0.1, 0.15) is 6.61 Å². The van der Waals surface area contributed by atoms with Crippen molar-refractivity contribution in [3.63, 3.8) is 0 Å². The van der Waals surface area contributed by atoms with Crippen LogP contribution in [0.3, 0.4) is 0 Å². The second kappa shape index (κ2) is 9.23. The Kier molecular flexibility index (Phi) is 8.62. The Labute approximate surface area is 80.2 Å². The molecule has 0 aromatic carbocycles. The van der Waals surface area contributed by atoms with Crippen LogP contribution in [0.25, 0.3) is 0 Å². The Morgan fingerprint density at radius 2 is 2.23 bits per heavy atom. The van der Waals surface area contributed by atoms with Crippen LogP contribution < -0.4 is 0 Å². The molecule has 0 aliphatic heterocycles. The lowest BCUT2D eigenvalue weighted by Crippen LogP contribution is -2.12. The van der Waals surface area contributed by atoms with E-state index in [9.17, 15) is 4.79 Å².